The Morgan fingerprint density at radius 2 is 1.84 bits per heavy atom. The van der Waals surface area contributed by atoms with Gasteiger partial charge in [-0.1, -0.05) is 12.1 Å². The highest BCUT2D eigenvalue weighted by molar-refractivity contribution is 5.89. The van der Waals surface area contributed by atoms with Gasteiger partial charge in [-0.05, 0) is 56.5 Å². The van der Waals surface area contributed by atoms with Gasteiger partial charge < -0.3 is 20.1 Å². The molecule has 0 atom stereocenters. The van der Waals surface area contributed by atoms with E-state index in [-0.39, 0.29) is 6.61 Å². The standard InChI is InChI=1S/C18H26N4O2.C4H4O4/c23-14-18-19-17(20-21-18)8-1-4-11-24-16-7-5-6-15(12-16)13-22-9-2-3-10-22;5-3(6)1-2-4(7)8/h5-7,12,23H,1-4,8-11,13-14H2,(H,19,20,21);1-2H,(H,5,6)(H,7,8)/b;2-1-. The van der Waals surface area contributed by atoms with Crippen molar-refractivity contribution in [3.63, 3.8) is 0 Å². The molecule has 0 radical (unpaired) electrons. The number of aromatic amines is 1. The van der Waals surface area contributed by atoms with E-state index in [2.05, 4.69) is 38.3 Å². The van der Waals surface area contributed by atoms with Crippen LogP contribution in [0.15, 0.2) is 36.4 Å². The van der Waals surface area contributed by atoms with Crippen molar-refractivity contribution in [2.45, 2.75) is 45.3 Å². The number of rotatable bonds is 11. The zero-order valence-electron chi connectivity index (χ0n) is 17.9. The molecule has 0 aliphatic carbocycles. The first-order valence-corrected chi connectivity index (χ1v) is 10.6. The number of ether oxygens (including phenoxy) is 1. The van der Waals surface area contributed by atoms with Gasteiger partial charge in [0.25, 0.3) is 0 Å². The number of aryl methyl sites for hydroxylation is 1. The van der Waals surface area contributed by atoms with E-state index >= 15 is 0 Å². The van der Waals surface area contributed by atoms with Crippen LogP contribution in [-0.2, 0) is 29.2 Å². The van der Waals surface area contributed by atoms with Gasteiger partial charge in [-0.15, -0.1) is 0 Å². The molecule has 0 saturated carbocycles. The second-order valence-electron chi connectivity index (χ2n) is 7.30. The predicted molar refractivity (Wildman–Crippen MR) is 116 cm³/mol. The molecular weight excluding hydrogens is 416 g/mol. The SMILES string of the molecule is O=C(O)/C=C\C(=O)O.OCc1nc(CCCCOc2cccc(CN3CCCC3)c2)n[nH]1. The van der Waals surface area contributed by atoms with Crippen LogP contribution in [0, 0.1) is 0 Å². The summed E-state index contributed by atoms with van der Waals surface area (Å²) in [6.45, 7) is 4.05. The quantitative estimate of drug-likeness (QED) is 0.300. The van der Waals surface area contributed by atoms with Crippen LogP contribution in [-0.4, -0.2) is 67.0 Å². The summed E-state index contributed by atoms with van der Waals surface area (Å²) >= 11 is 0. The third kappa shape index (κ3) is 10.2. The Balaban J connectivity index is 0.000000390. The number of nitrogens with zero attached hydrogens (tertiary/aromatic N) is 3. The second kappa shape index (κ2) is 13.9. The Bertz CT molecular complexity index is 861. The Labute approximate surface area is 186 Å². The van der Waals surface area contributed by atoms with E-state index in [4.69, 9.17) is 20.1 Å². The average molecular weight is 447 g/mol. The Kier molecular flexibility index (Phi) is 10.9. The molecule has 10 nitrogen and oxygen atoms in total. The van der Waals surface area contributed by atoms with E-state index in [1.807, 2.05) is 6.07 Å². The topological polar surface area (TPSA) is 149 Å². The van der Waals surface area contributed by atoms with Crippen LogP contribution < -0.4 is 4.74 Å². The van der Waals surface area contributed by atoms with Crippen LogP contribution in [0.2, 0.25) is 0 Å². The number of benzene rings is 1. The number of unbranched alkanes of at least 4 members (excludes halogenated alkanes) is 1. The number of aromatic nitrogens is 3. The van der Waals surface area contributed by atoms with E-state index in [1.165, 1.54) is 31.5 Å². The maximum Gasteiger partial charge on any atom is 0.328 e. The third-order valence-corrected chi connectivity index (χ3v) is 4.66. The fourth-order valence-corrected chi connectivity index (χ4v) is 3.17. The van der Waals surface area contributed by atoms with Crippen LogP contribution in [0.4, 0.5) is 0 Å². The lowest BCUT2D eigenvalue weighted by molar-refractivity contribution is -0.134. The molecule has 32 heavy (non-hydrogen) atoms. The van der Waals surface area contributed by atoms with Gasteiger partial charge in [-0.25, -0.2) is 14.6 Å². The van der Waals surface area contributed by atoms with E-state index in [0.717, 1.165) is 37.4 Å². The summed E-state index contributed by atoms with van der Waals surface area (Å²) in [4.78, 5) is 25.8. The summed E-state index contributed by atoms with van der Waals surface area (Å²) in [5.74, 6) is -0.283. The molecule has 4 N–H and O–H groups in total. The van der Waals surface area contributed by atoms with Crippen molar-refractivity contribution in [3.05, 3.63) is 53.6 Å². The van der Waals surface area contributed by atoms with Crippen LogP contribution in [0.3, 0.4) is 0 Å². The summed E-state index contributed by atoms with van der Waals surface area (Å²) in [7, 11) is 0. The first-order chi connectivity index (χ1) is 15.5. The van der Waals surface area contributed by atoms with Crippen molar-refractivity contribution >= 4 is 11.9 Å². The molecule has 1 aromatic carbocycles. The molecule has 1 fully saturated rings. The highest BCUT2D eigenvalue weighted by Gasteiger charge is 2.11. The smallest absolute Gasteiger partial charge is 0.328 e. The van der Waals surface area contributed by atoms with E-state index in [9.17, 15) is 9.59 Å². The van der Waals surface area contributed by atoms with Crippen LogP contribution >= 0.6 is 0 Å². The fraction of sp³-hybridized carbons (Fsp3) is 0.455. The third-order valence-electron chi connectivity index (χ3n) is 4.66. The van der Waals surface area contributed by atoms with Crippen molar-refractivity contribution in [2.24, 2.45) is 0 Å². The highest BCUT2D eigenvalue weighted by atomic mass is 16.5. The lowest BCUT2D eigenvalue weighted by Crippen LogP contribution is -2.18. The number of carbonyl (C=O) groups is 2. The molecule has 0 unspecified atom stereocenters. The molecule has 174 valence electrons. The normalized spacial score (nSPS) is 13.7. The number of likely N-dealkylation sites (tertiary alicyclic amines) is 1. The molecule has 1 aliphatic rings. The number of aliphatic hydroxyl groups excluding tert-OH is 1. The molecule has 1 aliphatic heterocycles. The summed E-state index contributed by atoms with van der Waals surface area (Å²) < 4.78 is 5.87. The van der Waals surface area contributed by atoms with Gasteiger partial charge in [0.15, 0.2) is 5.82 Å². The van der Waals surface area contributed by atoms with Crippen LogP contribution in [0.5, 0.6) is 5.75 Å². The largest absolute Gasteiger partial charge is 0.494 e. The van der Waals surface area contributed by atoms with Crippen molar-refractivity contribution in [2.75, 3.05) is 19.7 Å². The molecular formula is C22H30N4O6. The minimum absolute atomic E-state index is 0.0934. The summed E-state index contributed by atoms with van der Waals surface area (Å²) in [6, 6.07) is 8.43. The summed E-state index contributed by atoms with van der Waals surface area (Å²) in [5.41, 5.74) is 1.33. The highest BCUT2D eigenvalue weighted by Crippen LogP contribution is 2.18. The maximum atomic E-state index is 9.55. The van der Waals surface area contributed by atoms with E-state index < -0.39 is 11.9 Å². The first-order valence-electron chi connectivity index (χ1n) is 10.6. The Morgan fingerprint density at radius 1 is 1.12 bits per heavy atom. The molecule has 0 amide bonds. The number of H-pyrrole nitrogens is 1. The zero-order chi connectivity index (χ0) is 23.2. The minimum atomic E-state index is -1.26. The number of aliphatic hydroxyl groups is 1. The molecule has 3 rings (SSSR count). The fourth-order valence-electron chi connectivity index (χ4n) is 3.17. The van der Waals surface area contributed by atoms with Gasteiger partial charge in [-0.3, -0.25) is 10.00 Å². The number of nitrogens with one attached hydrogen (secondary N) is 1. The number of carboxylic acids is 2. The summed E-state index contributed by atoms with van der Waals surface area (Å²) in [6.07, 6.45) is 6.48. The van der Waals surface area contributed by atoms with Crippen molar-refractivity contribution < 1.29 is 29.6 Å². The lowest BCUT2D eigenvalue weighted by Gasteiger charge is -2.15. The van der Waals surface area contributed by atoms with E-state index in [0.29, 0.717) is 24.6 Å². The summed E-state index contributed by atoms with van der Waals surface area (Å²) in [5, 5.41) is 31.3. The van der Waals surface area contributed by atoms with Crippen molar-refractivity contribution in [1.82, 2.24) is 20.1 Å². The minimum Gasteiger partial charge on any atom is -0.494 e. The maximum absolute atomic E-state index is 9.55. The number of carboxylic acid groups (broad SMARTS) is 2. The Morgan fingerprint density at radius 3 is 2.47 bits per heavy atom. The molecule has 2 aromatic rings. The molecule has 10 heteroatoms. The van der Waals surface area contributed by atoms with Gasteiger partial charge in [-0.2, -0.15) is 5.10 Å². The van der Waals surface area contributed by atoms with Gasteiger partial charge in [0.2, 0.25) is 0 Å². The molecule has 2 heterocycles. The Hall–Kier alpha value is -3.24. The average Bonchev–Trinajstić information content (AvgIpc) is 3.45. The first kappa shape index (κ1) is 25.0. The second-order valence-corrected chi connectivity index (χ2v) is 7.30. The number of hydrogen-bond donors (Lipinski definition) is 4. The van der Waals surface area contributed by atoms with E-state index in [1.54, 1.807) is 0 Å². The zero-order valence-corrected chi connectivity index (χ0v) is 17.9. The predicted octanol–water partition coefficient (Wildman–Crippen LogP) is 2.01. The molecule has 0 spiro atoms. The van der Waals surface area contributed by atoms with Crippen LogP contribution in [0.1, 0.15) is 42.9 Å². The van der Waals surface area contributed by atoms with Gasteiger partial charge in [0.05, 0.1) is 6.61 Å². The lowest BCUT2D eigenvalue weighted by atomic mass is 10.2. The molecule has 0 bridgehead atoms. The van der Waals surface area contributed by atoms with Crippen molar-refractivity contribution in [1.29, 1.82) is 0 Å². The van der Waals surface area contributed by atoms with Gasteiger partial charge >= 0.3 is 11.9 Å². The molecule has 1 saturated heterocycles. The molecule has 1 aromatic heterocycles. The van der Waals surface area contributed by atoms with Crippen LogP contribution in [0.25, 0.3) is 0 Å². The van der Waals surface area contributed by atoms with Gasteiger partial charge in [0.1, 0.15) is 18.2 Å². The number of aliphatic carboxylic acids is 2. The van der Waals surface area contributed by atoms with Crippen molar-refractivity contribution in [3.8, 4) is 5.75 Å². The monoisotopic (exact) mass is 446 g/mol. The van der Waals surface area contributed by atoms with Gasteiger partial charge in [0, 0.05) is 25.1 Å². The number of hydrogen-bond acceptors (Lipinski definition) is 7.